The zero-order valence-electron chi connectivity index (χ0n) is 12.3. The molecule has 1 aromatic rings. The highest BCUT2D eigenvalue weighted by molar-refractivity contribution is 5.48. The number of nitrogens with zero attached hydrogens (tertiary/aromatic N) is 1. The van der Waals surface area contributed by atoms with E-state index in [0.29, 0.717) is 11.6 Å². The lowest BCUT2D eigenvalue weighted by atomic mass is 10.2. The summed E-state index contributed by atoms with van der Waals surface area (Å²) >= 11 is 0. The summed E-state index contributed by atoms with van der Waals surface area (Å²) in [6.07, 6.45) is -1.67. The fourth-order valence-electron chi connectivity index (χ4n) is 2.63. The Morgan fingerprint density at radius 2 is 2.23 bits per heavy atom. The molecular formula is C15H18F2N2O3. The molecule has 0 spiro atoms. The van der Waals surface area contributed by atoms with E-state index in [2.05, 4.69) is 21.7 Å². The van der Waals surface area contributed by atoms with Crippen molar-refractivity contribution in [2.45, 2.75) is 38.5 Å². The number of fused-ring (bicyclic) bond motifs is 1. The molecule has 3 rings (SSSR count). The van der Waals surface area contributed by atoms with Gasteiger partial charge < -0.3 is 19.5 Å². The molecular weight excluding hydrogens is 294 g/mol. The quantitative estimate of drug-likeness (QED) is 0.833. The summed E-state index contributed by atoms with van der Waals surface area (Å²) in [4.78, 5) is 1.99. The highest BCUT2D eigenvalue weighted by Crippen LogP contribution is 2.43. The molecule has 2 unspecified atom stereocenters. The van der Waals surface area contributed by atoms with E-state index in [1.54, 1.807) is 12.1 Å². The minimum atomic E-state index is -3.64. The molecule has 2 N–H and O–H groups in total. The van der Waals surface area contributed by atoms with E-state index in [0.717, 1.165) is 12.1 Å². The second-order valence-corrected chi connectivity index (χ2v) is 5.52. The SMILES string of the molecule is CC1CC=C(C(O)NCc2cccc3c2OC(F)(F)O3)N1C. The zero-order chi connectivity index (χ0) is 15.9. The third kappa shape index (κ3) is 2.74. The van der Waals surface area contributed by atoms with Crippen LogP contribution in [0.1, 0.15) is 18.9 Å². The number of likely N-dealkylation sites (N-methyl/N-ethyl adjacent to an activating group) is 1. The van der Waals surface area contributed by atoms with Gasteiger partial charge in [0.05, 0.1) is 5.70 Å². The van der Waals surface area contributed by atoms with Gasteiger partial charge >= 0.3 is 6.29 Å². The van der Waals surface area contributed by atoms with E-state index in [-0.39, 0.29) is 18.0 Å². The molecule has 0 radical (unpaired) electrons. The van der Waals surface area contributed by atoms with Gasteiger partial charge in [0.25, 0.3) is 0 Å². The zero-order valence-corrected chi connectivity index (χ0v) is 12.3. The Bertz CT molecular complexity index is 606. The monoisotopic (exact) mass is 312 g/mol. The number of aliphatic hydroxyl groups excluding tert-OH is 1. The number of nitrogens with one attached hydrogen (secondary N) is 1. The van der Waals surface area contributed by atoms with Crippen LogP contribution in [-0.2, 0) is 6.54 Å². The standard InChI is InChI=1S/C15H18F2N2O3/c1-9-6-7-11(19(9)2)14(20)18-8-10-4-3-5-12-13(10)22-15(16,17)21-12/h3-5,7,9,14,18,20H,6,8H2,1-2H3. The van der Waals surface area contributed by atoms with E-state index in [1.165, 1.54) is 6.07 Å². The number of halogens is 2. The Hall–Kier alpha value is -1.86. The molecule has 0 aliphatic carbocycles. The summed E-state index contributed by atoms with van der Waals surface area (Å²) in [5.41, 5.74) is 1.28. The molecule has 5 nitrogen and oxygen atoms in total. The summed E-state index contributed by atoms with van der Waals surface area (Å²) in [7, 11) is 1.91. The van der Waals surface area contributed by atoms with E-state index in [9.17, 15) is 13.9 Å². The number of para-hydroxylation sites is 1. The van der Waals surface area contributed by atoms with Crippen LogP contribution in [0.15, 0.2) is 30.0 Å². The summed E-state index contributed by atoms with van der Waals surface area (Å²) in [5, 5.41) is 13.1. The van der Waals surface area contributed by atoms with Gasteiger partial charge in [0.2, 0.25) is 0 Å². The molecule has 2 atom stereocenters. The predicted molar refractivity (Wildman–Crippen MR) is 75.4 cm³/mol. The van der Waals surface area contributed by atoms with Crippen LogP contribution in [0.25, 0.3) is 0 Å². The molecule has 0 aromatic heterocycles. The van der Waals surface area contributed by atoms with Crippen LogP contribution in [0.3, 0.4) is 0 Å². The Balaban J connectivity index is 1.67. The van der Waals surface area contributed by atoms with Crippen LogP contribution in [0.2, 0.25) is 0 Å². The van der Waals surface area contributed by atoms with Gasteiger partial charge in [0, 0.05) is 25.2 Å². The van der Waals surface area contributed by atoms with E-state index >= 15 is 0 Å². The summed E-state index contributed by atoms with van der Waals surface area (Å²) in [5.74, 6) is 0.0129. The highest BCUT2D eigenvalue weighted by Gasteiger charge is 2.44. The number of alkyl halides is 2. The molecule has 2 aliphatic heterocycles. The topological polar surface area (TPSA) is 54.0 Å². The van der Waals surface area contributed by atoms with Crippen molar-refractivity contribution in [3.05, 3.63) is 35.5 Å². The van der Waals surface area contributed by atoms with Crippen molar-refractivity contribution >= 4 is 0 Å². The highest BCUT2D eigenvalue weighted by atomic mass is 19.3. The first-order valence-electron chi connectivity index (χ1n) is 7.09. The van der Waals surface area contributed by atoms with Gasteiger partial charge in [0.15, 0.2) is 11.5 Å². The number of hydrogen-bond donors (Lipinski definition) is 2. The molecule has 7 heteroatoms. The van der Waals surface area contributed by atoms with Gasteiger partial charge in [-0.3, -0.25) is 5.32 Å². The van der Waals surface area contributed by atoms with E-state index in [1.807, 2.05) is 18.0 Å². The van der Waals surface area contributed by atoms with Crippen molar-refractivity contribution < 1.29 is 23.4 Å². The lowest BCUT2D eigenvalue weighted by molar-refractivity contribution is -0.286. The van der Waals surface area contributed by atoms with Gasteiger partial charge in [-0.15, -0.1) is 8.78 Å². The lowest BCUT2D eigenvalue weighted by Gasteiger charge is -2.26. The maximum absolute atomic E-state index is 13.1. The predicted octanol–water partition coefficient (Wildman–Crippen LogP) is 2.02. The van der Waals surface area contributed by atoms with Crippen molar-refractivity contribution in [1.29, 1.82) is 0 Å². The Kier molecular flexibility index (Phi) is 3.70. The van der Waals surface area contributed by atoms with Crippen LogP contribution in [0.5, 0.6) is 11.5 Å². The summed E-state index contributed by atoms with van der Waals surface area (Å²) < 4.78 is 35.2. The van der Waals surface area contributed by atoms with Crippen LogP contribution in [0, 0.1) is 0 Å². The van der Waals surface area contributed by atoms with Crippen LogP contribution >= 0.6 is 0 Å². The average Bonchev–Trinajstić information content (AvgIpc) is 2.95. The van der Waals surface area contributed by atoms with Crippen molar-refractivity contribution in [2.24, 2.45) is 0 Å². The van der Waals surface area contributed by atoms with Crippen molar-refractivity contribution in [1.82, 2.24) is 10.2 Å². The fraction of sp³-hybridized carbons (Fsp3) is 0.467. The van der Waals surface area contributed by atoms with Crippen LogP contribution < -0.4 is 14.8 Å². The molecule has 0 amide bonds. The molecule has 0 bridgehead atoms. The van der Waals surface area contributed by atoms with Gasteiger partial charge in [-0.05, 0) is 19.4 Å². The Morgan fingerprint density at radius 3 is 2.91 bits per heavy atom. The molecule has 22 heavy (non-hydrogen) atoms. The molecule has 0 saturated heterocycles. The van der Waals surface area contributed by atoms with Crippen molar-refractivity contribution in [2.75, 3.05) is 7.05 Å². The second kappa shape index (κ2) is 5.40. The molecule has 120 valence electrons. The number of hydrogen-bond acceptors (Lipinski definition) is 5. The average molecular weight is 312 g/mol. The number of aliphatic hydroxyl groups is 1. The largest absolute Gasteiger partial charge is 0.586 e. The fourth-order valence-corrected chi connectivity index (χ4v) is 2.63. The maximum Gasteiger partial charge on any atom is 0.586 e. The van der Waals surface area contributed by atoms with Crippen molar-refractivity contribution in [3.63, 3.8) is 0 Å². The van der Waals surface area contributed by atoms with Gasteiger partial charge in [-0.1, -0.05) is 18.2 Å². The maximum atomic E-state index is 13.1. The first kappa shape index (κ1) is 15.1. The molecule has 2 aliphatic rings. The lowest BCUT2D eigenvalue weighted by Crippen LogP contribution is -2.37. The number of rotatable bonds is 4. The first-order chi connectivity index (χ1) is 10.4. The third-order valence-corrected chi connectivity index (χ3v) is 4.01. The normalized spacial score (nSPS) is 23.6. The Labute approximate surface area is 127 Å². The van der Waals surface area contributed by atoms with Gasteiger partial charge in [-0.2, -0.15) is 0 Å². The van der Waals surface area contributed by atoms with Gasteiger partial charge in [0.1, 0.15) is 6.23 Å². The first-order valence-corrected chi connectivity index (χ1v) is 7.09. The van der Waals surface area contributed by atoms with Crippen LogP contribution in [0.4, 0.5) is 8.78 Å². The van der Waals surface area contributed by atoms with Crippen LogP contribution in [-0.4, -0.2) is 35.6 Å². The number of ether oxygens (including phenoxy) is 2. The van der Waals surface area contributed by atoms with E-state index in [4.69, 9.17) is 0 Å². The smallest absolute Gasteiger partial charge is 0.395 e. The van der Waals surface area contributed by atoms with Gasteiger partial charge in [-0.25, -0.2) is 0 Å². The number of benzene rings is 1. The second-order valence-electron chi connectivity index (χ2n) is 5.52. The minimum absolute atomic E-state index is 0.00427. The summed E-state index contributed by atoms with van der Waals surface area (Å²) in [6.45, 7) is 2.25. The Morgan fingerprint density at radius 1 is 1.45 bits per heavy atom. The van der Waals surface area contributed by atoms with E-state index < -0.39 is 12.5 Å². The molecule has 0 saturated carbocycles. The third-order valence-electron chi connectivity index (χ3n) is 4.01. The minimum Gasteiger partial charge on any atom is -0.395 e. The molecule has 2 heterocycles. The van der Waals surface area contributed by atoms with Crippen molar-refractivity contribution in [3.8, 4) is 11.5 Å². The molecule has 0 fully saturated rings. The molecule has 1 aromatic carbocycles. The summed E-state index contributed by atoms with van der Waals surface area (Å²) in [6, 6.07) is 5.02.